The minimum Gasteiger partial charge on any atom is -0.465 e. The van der Waals surface area contributed by atoms with Gasteiger partial charge in [-0.05, 0) is 31.2 Å². The number of hydrogen-bond acceptors (Lipinski definition) is 9. The van der Waals surface area contributed by atoms with Crippen LogP contribution in [0.25, 0.3) is 0 Å². The summed E-state index contributed by atoms with van der Waals surface area (Å²) >= 11 is 4.23. The van der Waals surface area contributed by atoms with Gasteiger partial charge in [-0.3, -0.25) is 4.79 Å². The molecule has 7 nitrogen and oxygen atoms in total. The van der Waals surface area contributed by atoms with Crippen LogP contribution in [-0.2, 0) is 22.4 Å². The molecule has 1 amide bonds. The number of carbonyl (C=O) groups excluding carboxylic acids is 2. The van der Waals surface area contributed by atoms with Crippen molar-refractivity contribution in [1.29, 1.82) is 0 Å². The average Bonchev–Trinajstić information content (AvgIpc) is 3.17. The van der Waals surface area contributed by atoms with E-state index in [1.165, 1.54) is 46.4 Å². The lowest BCUT2D eigenvalue weighted by molar-refractivity contribution is -0.115. The molecule has 0 spiro atoms. The quantitative estimate of drug-likeness (QED) is 0.569. The summed E-state index contributed by atoms with van der Waals surface area (Å²) in [4.78, 5) is 25.6. The first-order chi connectivity index (χ1) is 12.1. The highest BCUT2D eigenvalue weighted by molar-refractivity contribution is 8.01. The van der Waals surface area contributed by atoms with Crippen LogP contribution < -0.4 is 11.1 Å². The predicted molar refractivity (Wildman–Crippen MR) is 101 cm³/mol. The zero-order valence-corrected chi connectivity index (χ0v) is 16.1. The number of nitrogens with two attached hydrogens (primary N) is 1. The Bertz CT molecular complexity index is 787. The van der Waals surface area contributed by atoms with Gasteiger partial charge in [-0.25, -0.2) is 4.79 Å². The number of anilines is 2. The molecule has 2 aromatic heterocycles. The van der Waals surface area contributed by atoms with Crippen molar-refractivity contribution in [3.05, 3.63) is 16.0 Å². The Labute approximate surface area is 157 Å². The Hall–Kier alpha value is -1.65. The lowest BCUT2D eigenvalue weighted by Gasteiger charge is -2.11. The van der Waals surface area contributed by atoms with Gasteiger partial charge in [-0.2, -0.15) is 0 Å². The average molecular weight is 399 g/mol. The van der Waals surface area contributed by atoms with Crippen LogP contribution in [0.1, 0.15) is 40.1 Å². The van der Waals surface area contributed by atoms with Crippen molar-refractivity contribution in [2.24, 2.45) is 0 Å². The highest BCUT2D eigenvalue weighted by Gasteiger charge is 2.26. The molecule has 0 unspecified atom stereocenters. The van der Waals surface area contributed by atoms with Crippen molar-refractivity contribution in [2.75, 3.05) is 23.9 Å². The van der Waals surface area contributed by atoms with Gasteiger partial charge in [0, 0.05) is 17.1 Å². The van der Waals surface area contributed by atoms with Crippen LogP contribution >= 0.6 is 34.4 Å². The summed E-state index contributed by atoms with van der Waals surface area (Å²) in [7, 11) is 1.37. The second-order valence-electron chi connectivity index (χ2n) is 5.46. The summed E-state index contributed by atoms with van der Waals surface area (Å²) in [6.45, 7) is 0. The maximum atomic E-state index is 12.3. The fourth-order valence-electron chi connectivity index (χ4n) is 2.67. The maximum Gasteiger partial charge on any atom is 0.341 e. The number of esters is 1. The summed E-state index contributed by atoms with van der Waals surface area (Å²) in [6, 6.07) is 0. The molecule has 25 heavy (non-hydrogen) atoms. The lowest BCUT2D eigenvalue weighted by Crippen LogP contribution is -2.15. The number of rotatable bonds is 6. The number of ether oxygens (including phenoxy) is 1. The van der Waals surface area contributed by atoms with Gasteiger partial charge >= 0.3 is 5.97 Å². The molecule has 2 heterocycles. The van der Waals surface area contributed by atoms with Crippen LogP contribution in [0.5, 0.6) is 0 Å². The number of nitrogen functional groups attached to an aromatic ring is 1. The fourth-order valence-corrected chi connectivity index (χ4v) is 5.61. The van der Waals surface area contributed by atoms with E-state index in [1.807, 2.05) is 0 Å². The molecule has 1 aliphatic carbocycles. The van der Waals surface area contributed by atoms with E-state index in [1.54, 1.807) is 0 Å². The molecule has 3 rings (SSSR count). The molecule has 1 aliphatic rings. The van der Waals surface area contributed by atoms with E-state index in [0.29, 0.717) is 27.9 Å². The van der Waals surface area contributed by atoms with Crippen LogP contribution in [0.15, 0.2) is 4.34 Å². The number of carbonyl (C=O) groups is 2. The van der Waals surface area contributed by atoms with Gasteiger partial charge in [0.25, 0.3) is 0 Å². The number of amides is 1. The molecule has 2 aromatic rings. The molecule has 10 heteroatoms. The fraction of sp³-hybridized carbons (Fsp3) is 0.467. The third-order valence-electron chi connectivity index (χ3n) is 3.79. The molecule has 134 valence electrons. The molecule has 0 fully saturated rings. The zero-order chi connectivity index (χ0) is 17.8. The molecule has 0 aliphatic heterocycles. The van der Waals surface area contributed by atoms with Gasteiger partial charge in [-0.15, -0.1) is 21.5 Å². The van der Waals surface area contributed by atoms with Crippen LogP contribution in [0, 0.1) is 0 Å². The highest BCUT2D eigenvalue weighted by atomic mass is 32.2. The first-order valence-corrected chi connectivity index (χ1v) is 10.4. The van der Waals surface area contributed by atoms with Gasteiger partial charge in [0.15, 0.2) is 4.34 Å². The smallest absolute Gasteiger partial charge is 0.341 e. The third kappa shape index (κ3) is 4.31. The number of nitrogens with one attached hydrogen (secondary N) is 1. The predicted octanol–water partition coefficient (Wildman–Crippen LogP) is 2.97. The molecule has 0 aromatic carbocycles. The Balaban J connectivity index is 1.64. The highest BCUT2D eigenvalue weighted by Crippen LogP contribution is 2.38. The molecular formula is C15H18N4O3S3. The van der Waals surface area contributed by atoms with E-state index >= 15 is 0 Å². The summed E-state index contributed by atoms with van der Waals surface area (Å²) in [5.41, 5.74) is 7.10. The second kappa shape index (κ2) is 8.15. The van der Waals surface area contributed by atoms with E-state index in [-0.39, 0.29) is 11.9 Å². The Kier molecular flexibility index (Phi) is 5.92. The first kappa shape index (κ1) is 18.2. The van der Waals surface area contributed by atoms with Crippen LogP contribution in [0.4, 0.5) is 10.1 Å². The molecule has 3 N–H and O–H groups in total. The molecule has 0 saturated carbocycles. The van der Waals surface area contributed by atoms with Gasteiger partial charge in [0.1, 0.15) is 5.00 Å². The number of thiophene rings is 1. The lowest BCUT2D eigenvalue weighted by atomic mass is 9.95. The summed E-state index contributed by atoms with van der Waals surface area (Å²) in [5.74, 6) is 0.0567. The normalized spacial score (nSPS) is 13.3. The summed E-state index contributed by atoms with van der Waals surface area (Å²) in [5, 5.41) is 11.5. The number of thioether (sulfide) groups is 1. The van der Waals surface area contributed by atoms with Crippen molar-refractivity contribution in [1.82, 2.24) is 10.2 Å². The van der Waals surface area contributed by atoms with Crippen molar-refractivity contribution in [3.8, 4) is 0 Å². The van der Waals surface area contributed by atoms with E-state index in [2.05, 4.69) is 15.5 Å². The van der Waals surface area contributed by atoms with Crippen molar-refractivity contribution in [2.45, 2.75) is 36.4 Å². The number of aryl methyl sites for hydroxylation is 1. The van der Waals surface area contributed by atoms with Crippen molar-refractivity contribution in [3.63, 3.8) is 0 Å². The van der Waals surface area contributed by atoms with E-state index in [9.17, 15) is 9.59 Å². The Morgan fingerprint density at radius 2 is 2.08 bits per heavy atom. The first-order valence-electron chi connectivity index (χ1n) is 7.83. The Morgan fingerprint density at radius 1 is 1.28 bits per heavy atom. The molecule has 0 bridgehead atoms. The van der Waals surface area contributed by atoms with Gasteiger partial charge in [-0.1, -0.05) is 23.1 Å². The number of fused-ring (bicyclic) bond motifs is 1. The van der Waals surface area contributed by atoms with E-state index < -0.39 is 0 Å². The largest absolute Gasteiger partial charge is 0.465 e. The zero-order valence-electron chi connectivity index (χ0n) is 13.7. The molecule has 0 saturated heterocycles. The van der Waals surface area contributed by atoms with E-state index in [4.69, 9.17) is 10.5 Å². The van der Waals surface area contributed by atoms with E-state index in [0.717, 1.165) is 35.6 Å². The summed E-state index contributed by atoms with van der Waals surface area (Å²) < 4.78 is 5.65. The van der Waals surface area contributed by atoms with Crippen molar-refractivity contribution >= 4 is 56.4 Å². The Morgan fingerprint density at radius 3 is 2.80 bits per heavy atom. The van der Waals surface area contributed by atoms with Crippen LogP contribution in [0.2, 0.25) is 0 Å². The minimum atomic E-state index is -0.381. The maximum absolute atomic E-state index is 12.3. The van der Waals surface area contributed by atoms with Gasteiger partial charge in [0.05, 0.1) is 12.7 Å². The van der Waals surface area contributed by atoms with Crippen LogP contribution in [0.3, 0.4) is 0 Å². The molecular weight excluding hydrogens is 380 g/mol. The number of nitrogens with zero attached hydrogens (tertiary/aromatic N) is 2. The molecule has 0 atom stereocenters. The SMILES string of the molecule is COC(=O)c1c(NC(=O)CCSc2nnc(N)s2)sc2c1CCCC2. The topological polar surface area (TPSA) is 107 Å². The van der Waals surface area contributed by atoms with Gasteiger partial charge in [0.2, 0.25) is 11.0 Å². The number of aromatic nitrogens is 2. The second-order valence-corrected chi connectivity index (χ2v) is 8.92. The van der Waals surface area contributed by atoms with Gasteiger partial charge < -0.3 is 15.8 Å². The third-order valence-corrected chi connectivity index (χ3v) is 6.89. The monoisotopic (exact) mass is 398 g/mol. The number of methoxy groups -OCH3 is 1. The number of hydrogen-bond donors (Lipinski definition) is 2. The standard InChI is InChI=1S/C15H18N4O3S3/c1-22-13(21)11-8-4-2-3-5-9(8)24-12(11)17-10(20)6-7-23-15-19-18-14(16)25-15/h2-7H2,1H3,(H2,16,18)(H,17,20). The summed E-state index contributed by atoms with van der Waals surface area (Å²) in [6.07, 6.45) is 4.30. The molecule has 0 radical (unpaired) electrons. The van der Waals surface area contributed by atoms with Crippen molar-refractivity contribution < 1.29 is 14.3 Å². The van der Waals surface area contributed by atoms with Crippen LogP contribution in [-0.4, -0.2) is 34.9 Å². The minimum absolute atomic E-state index is 0.131.